The lowest BCUT2D eigenvalue weighted by Gasteiger charge is -2.52. The summed E-state index contributed by atoms with van der Waals surface area (Å²) in [6, 6.07) is 7.07. The molecule has 4 atom stereocenters. The van der Waals surface area contributed by atoms with Crippen LogP contribution in [-0.2, 0) is 4.74 Å². The molecule has 5 nitrogen and oxygen atoms in total. The topological polar surface area (TPSA) is 73.6 Å². The van der Waals surface area contributed by atoms with E-state index < -0.39 is 0 Å². The van der Waals surface area contributed by atoms with E-state index in [1.54, 1.807) is 24.3 Å². The zero-order valence-electron chi connectivity index (χ0n) is 12.2. The van der Waals surface area contributed by atoms with E-state index in [0.717, 1.165) is 25.2 Å². The molecule has 21 heavy (non-hydrogen) atoms. The number of fused-ring (bicyclic) bond motifs is 1. The molecule has 1 aliphatic heterocycles. The van der Waals surface area contributed by atoms with E-state index in [1.807, 2.05) is 6.92 Å². The van der Waals surface area contributed by atoms with Crippen molar-refractivity contribution < 1.29 is 14.3 Å². The van der Waals surface area contributed by atoms with Crippen molar-refractivity contribution in [3.05, 3.63) is 29.8 Å². The first-order chi connectivity index (χ1) is 10.2. The number of hydrogen-bond acceptors (Lipinski definition) is 4. The van der Waals surface area contributed by atoms with Crippen LogP contribution in [0.4, 0.5) is 0 Å². The molecule has 1 amide bonds. The van der Waals surface area contributed by atoms with Gasteiger partial charge in [-0.3, -0.25) is 4.79 Å². The fraction of sp³-hybridized carbons (Fsp3) is 0.562. The Hall–Kier alpha value is -1.59. The predicted octanol–water partition coefficient (Wildman–Crippen LogP) is 1.32. The van der Waals surface area contributed by atoms with Crippen LogP contribution in [0.25, 0.3) is 0 Å². The smallest absolute Gasteiger partial charge is 0.251 e. The van der Waals surface area contributed by atoms with Crippen molar-refractivity contribution in [2.75, 3.05) is 13.2 Å². The van der Waals surface area contributed by atoms with Crippen LogP contribution in [0.1, 0.15) is 30.1 Å². The minimum atomic E-state index is -0.105. The number of rotatable bonds is 4. The summed E-state index contributed by atoms with van der Waals surface area (Å²) in [5.41, 5.74) is 6.77. The summed E-state index contributed by atoms with van der Waals surface area (Å²) in [7, 11) is 0. The van der Waals surface area contributed by atoms with E-state index in [2.05, 4.69) is 5.32 Å². The average Bonchev–Trinajstić information content (AvgIpc) is 2.53. The van der Waals surface area contributed by atoms with Crippen molar-refractivity contribution in [2.45, 2.75) is 38.0 Å². The van der Waals surface area contributed by atoms with Gasteiger partial charge in [-0.25, -0.2) is 0 Å². The molecule has 1 heterocycles. The molecular weight excluding hydrogens is 268 g/mol. The Morgan fingerprint density at radius 3 is 2.90 bits per heavy atom. The Morgan fingerprint density at radius 2 is 2.19 bits per heavy atom. The highest BCUT2D eigenvalue weighted by atomic mass is 16.5. The third kappa shape index (κ3) is 2.76. The fourth-order valence-electron chi connectivity index (χ4n) is 3.23. The second-order valence-corrected chi connectivity index (χ2v) is 5.68. The summed E-state index contributed by atoms with van der Waals surface area (Å²) < 4.78 is 11.1. The summed E-state index contributed by atoms with van der Waals surface area (Å²) in [6.07, 6.45) is 2.25. The summed E-state index contributed by atoms with van der Waals surface area (Å²) in [5.74, 6) is 1.06. The van der Waals surface area contributed by atoms with Gasteiger partial charge >= 0.3 is 0 Å². The average molecular weight is 290 g/mol. The molecule has 114 valence electrons. The Labute approximate surface area is 124 Å². The second-order valence-electron chi connectivity index (χ2n) is 5.68. The van der Waals surface area contributed by atoms with Crippen molar-refractivity contribution in [2.24, 2.45) is 11.7 Å². The zero-order chi connectivity index (χ0) is 14.8. The lowest BCUT2D eigenvalue weighted by molar-refractivity contribution is -0.117. The maximum Gasteiger partial charge on any atom is 0.251 e. The van der Waals surface area contributed by atoms with Gasteiger partial charge in [0.25, 0.3) is 5.91 Å². The molecule has 1 saturated carbocycles. The predicted molar refractivity (Wildman–Crippen MR) is 79.3 cm³/mol. The van der Waals surface area contributed by atoms with E-state index in [4.69, 9.17) is 15.2 Å². The Balaban J connectivity index is 1.61. The molecule has 4 unspecified atom stereocenters. The van der Waals surface area contributed by atoms with Crippen LogP contribution < -0.4 is 15.8 Å². The van der Waals surface area contributed by atoms with Gasteiger partial charge < -0.3 is 20.5 Å². The fourth-order valence-corrected chi connectivity index (χ4v) is 3.23. The Bertz CT molecular complexity index is 503. The largest absolute Gasteiger partial charge is 0.494 e. The molecular formula is C16H22N2O3. The minimum Gasteiger partial charge on any atom is -0.494 e. The SMILES string of the molecule is CCOc1ccc(C(=O)NC2C(N)C3CCCOC32)cc1. The first-order valence-electron chi connectivity index (χ1n) is 7.61. The standard InChI is InChI=1S/C16H22N2O3/c1-2-20-11-7-5-10(6-8-11)16(19)18-14-13(17)12-4-3-9-21-15(12)14/h5-8,12-15H,2-4,9,17H2,1H3,(H,18,19). The highest BCUT2D eigenvalue weighted by Crippen LogP contribution is 2.37. The number of carbonyl (C=O) groups excluding carboxylic acids is 1. The van der Waals surface area contributed by atoms with Gasteiger partial charge in [0.2, 0.25) is 0 Å². The van der Waals surface area contributed by atoms with Crippen molar-refractivity contribution in [3.63, 3.8) is 0 Å². The monoisotopic (exact) mass is 290 g/mol. The summed E-state index contributed by atoms with van der Waals surface area (Å²) >= 11 is 0. The number of benzene rings is 1. The molecule has 2 aliphatic rings. The van der Waals surface area contributed by atoms with Crippen molar-refractivity contribution >= 4 is 5.91 Å². The first-order valence-corrected chi connectivity index (χ1v) is 7.61. The van der Waals surface area contributed by atoms with Crippen LogP contribution in [-0.4, -0.2) is 37.3 Å². The molecule has 1 aromatic rings. The van der Waals surface area contributed by atoms with Crippen molar-refractivity contribution in [1.82, 2.24) is 5.32 Å². The molecule has 1 aliphatic carbocycles. The Morgan fingerprint density at radius 1 is 1.43 bits per heavy atom. The lowest BCUT2D eigenvalue weighted by Crippen LogP contribution is -2.72. The minimum absolute atomic E-state index is 0.00180. The molecule has 1 aromatic carbocycles. The quantitative estimate of drug-likeness (QED) is 0.877. The van der Waals surface area contributed by atoms with Crippen molar-refractivity contribution in [1.29, 1.82) is 0 Å². The summed E-state index contributed by atoms with van der Waals surface area (Å²) in [4.78, 5) is 12.3. The molecule has 3 N–H and O–H groups in total. The van der Waals surface area contributed by atoms with Gasteiger partial charge in [0.15, 0.2) is 0 Å². The summed E-state index contributed by atoms with van der Waals surface area (Å²) in [6.45, 7) is 3.31. The molecule has 0 spiro atoms. The number of nitrogens with two attached hydrogens (primary N) is 1. The van der Waals surface area contributed by atoms with Crippen LogP contribution in [0.5, 0.6) is 5.75 Å². The van der Waals surface area contributed by atoms with Gasteiger partial charge in [-0.05, 0) is 44.0 Å². The maximum atomic E-state index is 12.3. The zero-order valence-corrected chi connectivity index (χ0v) is 12.2. The molecule has 0 bridgehead atoms. The van der Waals surface area contributed by atoms with E-state index in [0.29, 0.717) is 18.1 Å². The highest BCUT2D eigenvalue weighted by Gasteiger charge is 2.51. The van der Waals surface area contributed by atoms with E-state index in [9.17, 15) is 4.79 Å². The number of ether oxygens (including phenoxy) is 2. The number of amides is 1. The maximum absolute atomic E-state index is 12.3. The van der Waals surface area contributed by atoms with E-state index in [1.165, 1.54) is 0 Å². The van der Waals surface area contributed by atoms with E-state index in [-0.39, 0.29) is 24.1 Å². The van der Waals surface area contributed by atoms with Crippen LogP contribution in [0, 0.1) is 5.92 Å². The number of carbonyl (C=O) groups is 1. The van der Waals surface area contributed by atoms with Gasteiger partial charge in [-0.15, -0.1) is 0 Å². The van der Waals surface area contributed by atoms with Gasteiger partial charge in [-0.1, -0.05) is 0 Å². The summed E-state index contributed by atoms with van der Waals surface area (Å²) in [5, 5.41) is 3.00. The third-order valence-electron chi connectivity index (χ3n) is 4.40. The molecule has 2 fully saturated rings. The van der Waals surface area contributed by atoms with Crippen molar-refractivity contribution in [3.8, 4) is 5.75 Å². The van der Waals surface area contributed by atoms with Gasteiger partial charge in [0.1, 0.15) is 5.75 Å². The third-order valence-corrected chi connectivity index (χ3v) is 4.40. The van der Waals surface area contributed by atoms with Crippen LogP contribution in [0.15, 0.2) is 24.3 Å². The van der Waals surface area contributed by atoms with Gasteiger partial charge in [-0.2, -0.15) is 0 Å². The Kier molecular flexibility index (Phi) is 4.12. The lowest BCUT2D eigenvalue weighted by atomic mass is 9.68. The van der Waals surface area contributed by atoms with Crippen LogP contribution in [0.2, 0.25) is 0 Å². The van der Waals surface area contributed by atoms with Crippen LogP contribution in [0.3, 0.4) is 0 Å². The number of nitrogens with one attached hydrogen (secondary N) is 1. The van der Waals surface area contributed by atoms with Gasteiger partial charge in [0.05, 0.1) is 18.8 Å². The number of hydrogen-bond donors (Lipinski definition) is 2. The first kappa shape index (κ1) is 14.4. The normalized spacial score (nSPS) is 31.0. The molecule has 5 heteroatoms. The molecule has 0 aromatic heterocycles. The van der Waals surface area contributed by atoms with Crippen LogP contribution >= 0.6 is 0 Å². The molecule has 3 rings (SSSR count). The van der Waals surface area contributed by atoms with Gasteiger partial charge in [0, 0.05) is 24.1 Å². The second kappa shape index (κ2) is 6.03. The highest BCUT2D eigenvalue weighted by molar-refractivity contribution is 5.94. The molecule has 0 radical (unpaired) electrons. The van der Waals surface area contributed by atoms with E-state index >= 15 is 0 Å². The molecule has 1 saturated heterocycles.